The Balaban J connectivity index is 1.86. The third-order valence-electron chi connectivity index (χ3n) is 3.43. The van der Waals surface area contributed by atoms with Crippen LogP contribution in [0.25, 0.3) is 5.13 Å². The maximum absolute atomic E-state index is 12.6. The molecule has 0 spiro atoms. The van der Waals surface area contributed by atoms with E-state index in [1.807, 2.05) is 0 Å². The van der Waals surface area contributed by atoms with Gasteiger partial charge in [0.25, 0.3) is 0 Å². The summed E-state index contributed by atoms with van der Waals surface area (Å²) in [6.45, 7) is 3.19. The highest BCUT2D eigenvalue weighted by Gasteiger charge is 2.34. The largest absolute Gasteiger partial charge is 0.462 e. The Morgan fingerprint density at radius 1 is 1.37 bits per heavy atom. The first-order chi connectivity index (χ1) is 12.7. The molecule has 12 heteroatoms. The van der Waals surface area contributed by atoms with Gasteiger partial charge in [0.05, 0.1) is 12.3 Å². The van der Waals surface area contributed by atoms with Crippen molar-refractivity contribution < 1.29 is 27.1 Å². The number of alkyl halides is 3. The molecule has 0 saturated heterocycles. The highest BCUT2D eigenvalue weighted by atomic mass is 32.1. The highest BCUT2D eigenvalue weighted by Crippen LogP contribution is 2.30. The maximum Gasteiger partial charge on any atom is 0.449 e. The summed E-state index contributed by atoms with van der Waals surface area (Å²) in [6.07, 6.45) is -3.44. The van der Waals surface area contributed by atoms with Crippen molar-refractivity contribution in [2.24, 2.45) is 0 Å². The number of nitrogens with zero attached hydrogens (tertiary/aromatic N) is 4. The molecule has 0 aromatic carbocycles. The second-order valence-electron chi connectivity index (χ2n) is 5.34. The van der Waals surface area contributed by atoms with Crippen LogP contribution < -0.4 is 5.69 Å². The van der Waals surface area contributed by atoms with E-state index in [1.54, 1.807) is 13.8 Å². The van der Waals surface area contributed by atoms with E-state index in [2.05, 4.69) is 10.1 Å². The van der Waals surface area contributed by atoms with Crippen LogP contribution in [0.1, 0.15) is 33.8 Å². The van der Waals surface area contributed by atoms with Gasteiger partial charge in [0.2, 0.25) is 5.76 Å². The van der Waals surface area contributed by atoms with Crippen LogP contribution in [0.15, 0.2) is 27.7 Å². The lowest BCUT2D eigenvalue weighted by Crippen LogP contribution is -2.24. The van der Waals surface area contributed by atoms with Gasteiger partial charge in [-0.05, 0) is 26.0 Å². The first-order valence-corrected chi connectivity index (χ1v) is 8.47. The maximum atomic E-state index is 12.6. The van der Waals surface area contributed by atoms with Crippen molar-refractivity contribution in [1.29, 1.82) is 0 Å². The molecule has 0 aliphatic carbocycles. The molecule has 0 atom stereocenters. The van der Waals surface area contributed by atoms with E-state index >= 15 is 0 Å². The van der Waals surface area contributed by atoms with Crippen molar-refractivity contribution in [1.82, 2.24) is 19.3 Å². The first kappa shape index (κ1) is 18.9. The van der Waals surface area contributed by atoms with Crippen LogP contribution in [0.2, 0.25) is 0 Å². The average Bonchev–Trinajstić information content (AvgIpc) is 3.28. The average molecular weight is 402 g/mol. The second kappa shape index (κ2) is 7.02. The molecule has 3 heterocycles. The van der Waals surface area contributed by atoms with E-state index in [9.17, 15) is 22.8 Å². The fourth-order valence-corrected chi connectivity index (χ4v) is 3.14. The predicted molar refractivity (Wildman–Crippen MR) is 87.0 cm³/mol. The van der Waals surface area contributed by atoms with Crippen LogP contribution in [0.3, 0.4) is 0 Å². The van der Waals surface area contributed by atoms with Crippen LogP contribution in [0.5, 0.6) is 0 Å². The number of esters is 1. The van der Waals surface area contributed by atoms with E-state index in [4.69, 9.17) is 9.15 Å². The molecule has 0 amide bonds. The molecule has 0 aliphatic rings. The summed E-state index contributed by atoms with van der Waals surface area (Å²) in [5.74, 6) is -1.77. The van der Waals surface area contributed by atoms with Crippen molar-refractivity contribution in [3.05, 3.63) is 51.0 Å². The standard InChI is InChI=1S/C15H13F3N4O4S/c1-3-25-12(23)11-8(2)20-13(27-11)21-7-19-22(14(21)24)6-9-4-5-10(26-9)15(16,17)18/h4-5,7H,3,6H2,1-2H3. The summed E-state index contributed by atoms with van der Waals surface area (Å²) >= 11 is 0.954. The van der Waals surface area contributed by atoms with Crippen molar-refractivity contribution in [2.75, 3.05) is 6.61 Å². The molecule has 0 unspecified atom stereocenters. The molecule has 27 heavy (non-hydrogen) atoms. The number of carbonyl (C=O) groups is 1. The quantitative estimate of drug-likeness (QED) is 0.610. The topological polar surface area (TPSA) is 92.2 Å². The first-order valence-electron chi connectivity index (χ1n) is 7.66. The number of carbonyl (C=O) groups excluding carboxylic acids is 1. The van der Waals surface area contributed by atoms with E-state index in [0.29, 0.717) is 5.69 Å². The third kappa shape index (κ3) is 3.79. The molecule has 3 rings (SSSR count). The number of rotatable bonds is 5. The molecule has 144 valence electrons. The minimum Gasteiger partial charge on any atom is -0.462 e. The zero-order valence-electron chi connectivity index (χ0n) is 14.1. The van der Waals surface area contributed by atoms with Gasteiger partial charge < -0.3 is 9.15 Å². The summed E-state index contributed by atoms with van der Waals surface area (Å²) in [4.78, 5) is 28.7. The lowest BCUT2D eigenvalue weighted by atomic mass is 10.4. The second-order valence-corrected chi connectivity index (χ2v) is 6.31. The van der Waals surface area contributed by atoms with Gasteiger partial charge in [-0.3, -0.25) is 0 Å². The number of aryl methyl sites for hydroxylation is 1. The lowest BCUT2D eigenvalue weighted by molar-refractivity contribution is -0.153. The van der Waals surface area contributed by atoms with Crippen molar-refractivity contribution >= 4 is 17.3 Å². The molecule has 0 N–H and O–H groups in total. The zero-order chi connectivity index (χ0) is 19.8. The number of thiazole rings is 1. The summed E-state index contributed by atoms with van der Waals surface area (Å²) in [7, 11) is 0. The summed E-state index contributed by atoms with van der Waals surface area (Å²) in [5.41, 5.74) is -0.238. The Morgan fingerprint density at radius 3 is 2.74 bits per heavy atom. The Bertz CT molecular complexity index is 1030. The SMILES string of the molecule is CCOC(=O)c1sc(-n2cnn(Cc3ccc(C(F)(F)F)o3)c2=O)nc1C. The summed E-state index contributed by atoms with van der Waals surface area (Å²) in [6, 6.07) is 1.91. The number of halogens is 3. The molecule has 0 fully saturated rings. The summed E-state index contributed by atoms with van der Waals surface area (Å²) < 4.78 is 49.4. The predicted octanol–water partition coefficient (Wildman–Crippen LogP) is 2.64. The number of hydrogen-bond donors (Lipinski definition) is 0. The fourth-order valence-electron chi connectivity index (χ4n) is 2.21. The fraction of sp³-hybridized carbons (Fsp3) is 0.333. The minimum absolute atomic E-state index is 0.0720. The van der Waals surface area contributed by atoms with Gasteiger partial charge in [-0.15, -0.1) is 0 Å². The zero-order valence-corrected chi connectivity index (χ0v) is 14.9. The van der Waals surface area contributed by atoms with E-state index in [1.165, 1.54) is 6.33 Å². The molecule has 3 aromatic rings. The normalized spacial score (nSPS) is 11.7. The van der Waals surface area contributed by atoms with Crippen LogP contribution in [0, 0.1) is 6.92 Å². The third-order valence-corrected chi connectivity index (χ3v) is 4.57. The van der Waals surface area contributed by atoms with Gasteiger partial charge in [-0.25, -0.2) is 23.8 Å². The van der Waals surface area contributed by atoms with Crippen LogP contribution in [0.4, 0.5) is 13.2 Å². The van der Waals surface area contributed by atoms with E-state index < -0.39 is 23.6 Å². The molecule has 0 bridgehead atoms. The Hall–Kier alpha value is -2.89. The molecule has 0 radical (unpaired) electrons. The van der Waals surface area contributed by atoms with Gasteiger partial charge >= 0.3 is 17.8 Å². The molecule has 3 aromatic heterocycles. The lowest BCUT2D eigenvalue weighted by Gasteiger charge is -2.01. The van der Waals surface area contributed by atoms with Gasteiger partial charge in [-0.1, -0.05) is 11.3 Å². The Kier molecular flexibility index (Phi) is 4.91. The van der Waals surface area contributed by atoms with Gasteiger partial charge in [0, 0.05) is 0 Å². The van der Waals surface area contributed by atoms with Crippen LogP contribution >= 0.6 is 11.3 Å². The number of ether oxygens (including phenoxy) is 1. The van der Waals surface area contributed by atoms with Gasteiger partial charge in [0.1, 0.15) is 23.5 Å². The van der Waals surface area contributed by atoms with Crippen LogP contribution in [-0.2, 0) is 17.5 Å². The number of aromatic nitrogens is 4. The highest BCUT2D eigenvalue weighted by molar-refractivity contribution is 7.16. The van der Waals surface area contributed by atoms with Crippen LogP contribution in [-0.4, -0.2) is 31.9 Å². The summed E-state index contributed by atoms with van der Waals surface area (Å²) in [5, 5.41) is 4.05. The van der Waals surface area contributed by atoms with Gasteiger partial charge in [-0.2, -0.15) is 18.3 Å². The molecule has 0 aliphatic heterocycles. The molecule has 0 saturated carbocycles. The number of hydrogen-bond acceptors (Lipinski definition) is 7. The van der Waals surface area contributed by atoms with Gasteiger partial charge in [0.15, 0.2) is 5.13 Å². The number of furan rings is 1. The molecular formula is C15H13F3N4O4S. The Morgan fingerprint density at radius 2 is 2.11 bits per heavy atom. The monoisotopic (exact) mass is 402 g/mol. The molecule has 8 nitrogen and oxygen atoms in total. The van der Waals surface area contributed by atoms with Crippen molar-refractivity contribution in [3.63, 3.8) is 0 Å². The van der Waals surface area contributed by atoms with Crippen molar-refractivity contribution in [2.45, 2.75) is 26.6 Å². The Labute approximate surface area is 153 Å². The van der Waals surface area contributed by atoms with Crippen molar-refractivity contribution in [3.8, 4) is 5.13 Å². The minimum atomic E-state index is -4.61. The van der Waals surface area contributed by atoms with E-state index in [0.717, 1.165) is 32.7 Å². The van der Waals surface area contributed by atoms with E-state index in [-0.39, 0.29) is 28.9 Å². The smallest absolute Gasteiger partial charge is 0.449 e. The molecular weight excluding hydrogens is 389 g/mol.